The maximum atomic E-state index is 14.8. The van der Waals surface area contributed by atoms with Crippen molar-refractivity contribution in [2.75, 3.05) is 43.1 Å². The van der Waals surface area contributed by atoms with Crippen molar-refractivity contribution in [2.45, 2.75) is 13.5 Å². The van der Waals surface area contributed by atoms with Crippen LogP contribution in [0.3, 0.4) is 0 Å². The molecule has 1 amide bonds. The number of pyridine rings is 1. The van der Waals surface area contributed by atoms with E-state index < -0.39 is 11.6 Å². The third-order valence-corrected chi connectivity index (χ3v) is 5.83. The first-order valence-electron chi connectivity index (χ1n) is 10.6. The standard InChI is InChI=1S/C23H22F2N6O2/c1-13-9-19(29-23(28-13)30-7-5-26-6-8-30)31-12-16-15(22(31)32)3-4-27-21(16)20-17(25)10-14(24)11-18(20)33-2/h3-4,9-11,26H,5-8,12H2,1-2H3. The first-order valence-corrected chi connectivity index (χ1v) is 10.6. The van der Waals surface area contributed by atoms with Gasteiger partial charge in [0, 0.05) is 67.4 Å². The lowest BCUT2D eigenvalue weighted by molar-refractivity contribution is 0.0996. The number of rotatable bonds is 4. The maximum absolute atomic E-state index is 14.8. The van der Waals surface area contributed by atoms with E-state index in [2.05, 4.69) is 25.2 Å². The molecule has 33 heavy (non-hydrogen) atoms. The Morgan fingerprint density at radius 1 is 1.12 bits per heavy atom. The van der Waals surface area contributed by atoms with Crippen LogP contribution in [0.2, 0.25) is 0 Å². The largest absolute Gasteiger partial charge is 0.496 e. The summed E-state index contributed by atoms with van der Waals surface area (Å²) < 4.78 is 33.7. The van der Waals surface area contributed by atoms with Gasteiger partial charge in [0.15, 0.2) is 0 Å². The first-order chi connectivity index (χ1) is 16.0. The number of fused-ring (bicyclic) bond motifs is 1. The molecule has 0 unspecified atom stereocenters. The fourth-order valence-corrected chi connectivity index (χ4v) is 4.25. The van der Waals surface area contributed by atoms with Crippen LogP contribution in [0.25, 0.3) is 11.3 Å². The quantitative estimate of drug-likeness (QED) is 0.652. The number of anilines is 2. The Morgan fingerprint density at radius 2 is 1.91 bits per heavy atom. The molecule has 1 N–H and O–H groups in total. The number of nitrogens with zero attached hydrogens (tertiary/aromatic N) is 5. The van der Waals surface area contributed by atoms with E-state index in [4.69, 9.17) is 4.74 Å². The van der Waals surface area contributed by atoms with Crippen LogP contribution in [-0.2, 0) is 6.54 Å². The topological polar surface area (TPSA) is 83.5 Å². The van der Waals surface area contributed by atoms with Gasteiger partial charge in [0.25, 0.3) is 5.91 Å². The van der Waals surface area contributed by atoms with Crippen LogP contribution in [0.4, 0.5) is 20.5 Å². The highest BCUT2D eigenvalue weighted by Gasteiger charge is 2.34. The van der Waals surface area contributed by atoms with Crippen molar-refractivity contribution in [3.8, 4) is 17.0 Å². The number of nitrogens with one attached hydrogen (secondary N) is 1. The minimum atomic E-state index is -0.808. The van der Waals surface area contributed by atoms with Crippen LogP contribution in [0, 0.1) is 18.6 Å². The summed E-state index contributed by atoms with van der Waals surface area (Å²) in [5.41, 5.74) is 1.93. The molecule has 2 aliphatic heterocycles. The third kappa shape index (κ3) is 3.76. The molecule has 3 aromatic rings. The fraction of sp³-hybridized carbons (Fsp3) is 0.304. The van der Waals surface area contributed by atoms with Crippen LogP contribution in [-0.4, -0.2) is 54.1 Å². The monoisotopic (exact) mass is 452 g/mol. The summed E-state index contributed by atoms with van der Waals surface area (Å²) in [4.78, 5) is 30.4. The number of benzene rings is 1. The number of carbonyl (C=O) groups excluding carboxylic acids is 1. The highest BCUT2D eigenvalue weighted by atomic mass is 19.1. The smallest absolute Gasteiger partial charge is 0.260 e. The Hall–Kier alpha value is -3.66. The van der Waals surface area contributed by atoms with Crippen LogP contribution in [0.5, 0.6) is 5.75 Å². The zero-order valence-electron chi connectivity index (χ0n) is 18.2. The van der Waals surface area contributed by atoms with Crippen LogP contribution in [0.1, 0.15) is 21.6 Å². The van der Waals surface area contributed by atoms with E-state index in [1.54, 1.807) is 12.1 Å². The fourth-order valence-electron chi connectivity index (χ4n) is 4.25. The molecule has 0 spiro atoms. The van der Waals surface area contributed by atoms with E-state index >= 15 is 0 Å². The summed E-state index contributed by atoms with van der Waals surface area (Å²) in [5, 5.41) is 3.29. The first kappa shape index (κ1) is 21.2. The molecule has 10 heteroatoms. The molecule has 0 saturated carbocycles. The van der Waals surface area contributed by atoms with Crippen LogP contribution in [0.15, 0.2) is 30.5 Å². The molecule has 1 aromatic carbocycles. The predicted octanol–water partition coefficient (Wildman–Crippen LogP) is 2.70. The minimum absolute atomic E-state index is 0.0122. The molecular formula is C23H22F2N6O2. The van der Waals surface area contributed by atoms with Crippen molar-refractivity contribution < 1.29 is 18.3 Å². The van der Waals surface area contributed by atoms with E-state index in [1.165, 1.54) is 18.2 Å². The Morgan fingerprint density at radius 3 is 2.67 bits per heavy atom. The normalized spacial score (nSPS) is 15.7. The predicted molar refractivity (Wildman–Crippen MR) is 119 cm³/mol. The summed E-state index contributed by atoms with van der Waals surface area (Å²) in [5.74, 6) is -0.778. The summed E-state index contributed by atoms with van der Waals surface area (Å²) in [7, 11) is 1.33. The van der Waals surface area contributed by atoms with E-state index in [0.717, 1.165) is 44.0 Å². The van der Waals surface area contributed by atoms with Gasteiger partial charge in [-0.05, 0) is 13.0 Å². The number of methoxy groups -OCH3 is 1. The Kier molecular flexibility index (Phi) is 5.37. The van der Waals surface area contributed by atoms with Crippen molar-refractivity contribution in [1.29, 1.82) is 0 Å². The Balaban J connectivity index is 1.56. The number of amides is 1. The second kappa shape index (κ2) is 8.36. The van der Waals surface area contributed by atoms with Crippen LogP contribution < -0.4 is 19.9 Å². The number of halogens is 2. The van der Waals surface area contributed by atoms with Crippen LogP contribution >= 0.6 is 0 Å². The van der Waals surface area contributed by atoms with Crippen molar-refractivity contribution >= 4 is 17.7 Å². The SMILES string of the molecule is COc1cc(F)cc(F)c1-c1nccc2c1CN(c1cc(C)nc(N3CCNCC3)n1)C2=O. The molecule has 2 aromatic heterocycles. The van der Waals surface area contributed by atoms with E-state index in [1.807, 2.05) is 6.92 Å². The van der Waals surface area contributed by atoms with Gasteiger partial charge in [-0.25, -0.2) is 13.8 Å². The second-order valence-electron chi connectivity index (χ2n) is 7.95. The molecule has 0 radical (unpaired) electrons. The van der Waals surface area contributed by atoms with Gasteiger partial charge in [-0.1, -0.05) is 0 Å². The molecule has 0 aliphatic carbocycles. The lowest BCUT2D eigenvalue weighted by Gasteiger charge is -2.28. The van der Waals surface area contributed by atoms with Gasteiger partial charge in [0.2, 0.25) is 5.95 Å². The number of carbonyl (C=O) groups is 1. The summed E-state index contributed by atoms with van der Waals surface area (Å²) >= 11 is 0. The molecule has 1 fully saturated rings. The molecule has 170 valence electrons. The lowest BCUT2D eigenvalue weighted by Crippen LogP contribution is -2.44. The average Bonchev–Trinajstić information content (AvgIpc) is 3.16. The number of aryl methyl sites for hydroxylation is 1. The molecular weight excluding hydrogens is 430 g/mol. The molecule has 1 saturated heterocycles. The Bertz CT molecular complexity index is 1250. The number of piperazine rings is 1. The van der Waals surface area contributed by atoms with Gasteiger partial charge in [-0.3, -0.25) is 14.7 Å². The third-order valence-electron chi connectivity index (χ3n) is 5.83. The number of aromatic nitrogens is 3. The van der Waals surface area contributed by atoms with Gasteiger partial charge >= 0.3 is 0 Å². The van der Waals surface area contributed by atoms with Gasteiger partial charge in [-0.2, -0.15) is 4.98 Å². The number of hydrogen-bond donors (Lipinski definition) is 1. The summed E-state index contributed by atoms with van der Waals surface area (Å²) in [6.45, 7) is 5.22. The summed E-state index contributed by atoms with van der Waals surface area (Å²) in [6.07, 6.45) is 1.44. The van der Waals surface area contributed by atoms with Gasteiger partial charge in [-0.15, -0.1) is 0 Å². The molecule has 4 heterocycles. The highest BCUT2D eigenvalue weighted by molar-refractivity contribution is 6.10. The van der Waals surface area contributed by atoms with E-state index in [-0.39, 0.29) is 29.5 Å². The highest BCUT2D eigenvalue weighted by Crippen LogP contribution is 2.39. The Labute approximate surface area is 189 Å². The number of hydrogen-bond acceptors (Lipinski definition) is 7. The number of ether oxygens (including phenoxy) is 1. The van der Waals surface area contributed by atoms with E-state index in [0.29, 0.717) is 22.9 Å². The molecule has 0 bridgehead atoms. The van der Waals surface area contributed by atoms with E-state index in [9.17, 15) is 13.6 Å². The van der Waals surface area contributed by atoms with Crippen molar-refractivity contribution in [3.63, 3.8) is 0 Å². The van der Waals surface area contributed by atoms with Crippen molar-refractivity contribution in [3.05, 3.63) is 58.9 Å². The summed E-state index contributed by atoms with van der Waals surface area (Å²) in [6, 6.07) is 5.23. The zero-order valence-corrected chi connectivity index (χ0v) is 18.2. The molecule has 0 atom stereocenters. The molecule has 5 rings (SSSR count). The second-order valence-corrected chi connectivity index (χ2v) is 7.95. The molecule has 2 aliphatic rings. The average molecular weight is 452 g/mol. The van der Waals surface area contributed by atoms with Gasteiger partial charge in [0.1, 0.15) is 23.2 Å². The lowest BCUT2D eigenvalue weighted by atomic mass is 10.0. The van der Waals surface area contributed by atoms with Crippen molar-refractivity contribution in [1.82, 2.24) is 20.3 Å². The zero-order chi connectivity index (χ0) is 23.1. The minimum Gasteiger partial charge on any atom is -0.496 e. The van der Waals surface area contributed by atoms with Gasteiger partial charge < -0.3 is 15.0 Å². The maximum Gasteiger partial charge on any atom is 0.260 e. The van der Waals surface area contributed by atoms with Crippen molar-refractivity contribution in [2.24, 2.45) is 0 Å². The molecule has 8 nitrogen and oxygen atoms in total. The van der Waals surface area contributed by atoms with Gasteiger partial charge in [0.05, 0.1) is 24.9 Å².